The van der Waals surface area contributed by atoms with Crippen LogP contribution >= 0.6 is 0 Å². The molecular formula is C64H66O16. The highest BCUT2D eigenvalue weighted by molar-refractivity contribution is 6.04. The van der Waals surface area contributed by atoms with Gasteiger partial charge in [0, 0.05) is 0 Å². The first-order chi connectivity index (χ1) is 38.9. The summed E-state index contributed by atoms with van der Waals surface area (Å²) in [6.45, 7) is 0. The fourth-order valence-electron chi connectivity index (χ4n) is 9.99. The minimum absolute atomic E-state index is 0.439. The molecule has 8 rings (SSSR count). The zero-order valence-corrected chi connectivity index (χ0v) is 47.9. The summed E-state index contributed by atoms with van der Waals surface area (Å²) in [6.07, 6.45) is 0. The minimum Gasteiger partial charge on any atom is -0.493 e. The largest absolute Gasteiger partial charge is 0.493 e. The molecule has 0 aliphatic heterocycles. The first-order valence-electron chi connectivity index (χ1n) is 25.0. The summed E-state index contributed by atoms with van der Waals surface area (Å²) in [5, 5.41) is 0. The number of rotatable bonds is 23. The number of benzene rings is 8. The van der Waals surface area contributed by atoms with Crippen molar-refractivity contribution in [3.05, 3.63) is 109 Å². The molecule has 16 nitrogen and oxygen atoms in total. The summed E-state index contributed by atoms with van der Waals surface area (Å²) in [4.78, 5) is 0. The van der Waals surface area contributed by atoms with Crippen molar-refractivity contribution in [1.82, 2.24) is 0 Å². The SMILES string of the molecule is COc1ccc(-c2cc(OC)c(OC)cc2-c2cc(OC)c(OC)cc2-c2cc(OC)c(OC)cc2-c2cc(OC)c(OC)cc2-c2cc(OC)c(OC)cc2-c2cc(OC)c(OC)cc2-c2ccc(OC)c(OC)c2)cc1OC. The van der Waals surface area contributed by atoms with E-state index < -0.39 is 0 Å². The van der Waals surface area contributed by atoms with Gasteiger partial charge in [0.25, 0.3) is 0 Å². The molecule has 0 saturated carbocycles. The summed E-state index contributed by atoms with van der Waals surface area (Å²) in [5.74, 6) is 7.72. The molecule has 0 radical (unpaired) electrons. The van der Waals surface area contributed by atoms with E-state index in [0.717, 1.165) is 33.4 Å². The first kappa shape index (κ1) is 56.8. The Morgan fingerprint density at radius 1 is 0.138 bits per heavy atom. The number of methoxy groups -OCH3 is 16. The molecule has 0 aliphatic rings. The normalized spacial score (nSPS) is 10.8. The van der Waals surface area contributed by atoms with Gasteiger partial charge in [-0.2, -0.15) is 0 Å². The molecule has 0 unspecified atom stereocenters. The molecule has 8 aromatic rings. The van der Waals surface area contributed by atoms with Crippen LogP contribution in [0.5, 0.6) is 92.0 Å². The van der Waals surface area contributed by atoms with Gasteiger partial charge in [-0.3, -0.25) is 0 Å². The second kappa shape index (κ2) is 24.9. The molecule has 0 aliphatic carbocycles. The van der Waals surface area contributed by atoms with E-state index in [1.807, 2.05) is 109 Å². The van der Waals surface area contributed by atoms with Crippen LogP contribution in [0, 0.1) is 0 Å². The zero-order valence-electron chi connectivity index (χ0n) is 47.9. The van der Waals surface area contributed by atoms with Crippen molar-refractivity contribution < 1.29 is 75.8 Å². The molecule has 80 heavy (non-hydrogen) atoms. The first-order valence-corrected chi connectivity index (χ1v) is 25.0. The molecule has 8 aromatic carbocycles. The van der Waals surface area contributed by atoms with E-state index in [4.69, 9.17) is 75.8 Å². The maximum Gasteiger partial charge on any atom is 0.161 e. The van der Waals surface area contributed by atoms with E-state index in [1.165, 1.54) is 0 Å². The summed E-state index contributed by atoms with van der Waals surface area (Å²) >= 11 is 0. The Morgan fingerprint density at radius 2 is 0.263 bits per heavy atom. The average Bonchev–Trinajstić information content (AvgIpc) is 3.53. The summed E-state index contributed by atoms with van der Waals surface area (Å²) < 4.78 is 95.9. The van der Waals surface area contributed by atoms with Crippen LogP contribution in [0.15, 0.2) is 109 Å². The van der Waals surface area contributed by atoms with Crippen molar-refractivity contribution in [3.8, 4) is 170 Å². The smallest absolute Gasteiger partial charge is 0.161 e. The topological polar surface area (TPSA) is 148 Å². The van der Waals surface area contributed by atoms with Gasteiger partial charge in [-0.25, -0.2) is 0 Å². The van der Waals surface area contributed by atoms with Gasteiger partial charge in [-0.15, -0.1) is 0 Å². The number of hydrogen-bond acceptors (Lipinski definition) is 16. The molecule has 0 aromatic heterocycles. The molecule has 0 heterocycles. The highest BCUT2D eigenvalue weighted by Gasteiger charge is 2.29. The van der Waals surface area contributed by atoms with Gasteiger partial charge >= 0.3 is 0 Å². The van der Waals surface area contributed by atoms with Crippen LogP contribution in [0.3, 0.4) is 0 Å². The molecule has 418 valence electrons. The van der Waals surface area contributed by atoms with E-state index in [1.54, 1.807) is 114 Å². The monoisotopic (exact) mass is 1090 g/mol. The third kappa shape index (κ3) is 10.5. The Balaban J connectivity index is 1.56. The lowest BCUT2D eigenvalue weighted by Gasteiger charge is -2.25. The van der Waals surface area contributed by atoms with Crippen molar-refractivity contribution >= 4 is 0 Å². The van der Waals surface area contributed by atoms with E-state index in [9.17, 15) is 0 Å². The second-order valence-corrected chi connectivity index (χ2v) is 17.7. The van der Waals surface area contributed by atoms with E-state index in [2.05, 4.69) is 0 Å². The molecule has 0 fully saturated rings. The van der Waals surface area contributed by atoms with Crippen LogP contribution in [0.2, 0.25) is 0 Å². The van der Waals surface area contributed by atoms with Gasteiger partial charge in [0.2, 0.25) is 0 Å². The lowest BCUT2D eigenvalue weighted by atomic mass is 9.82. The highest BCUT2D eigenvalue weighted by Crippen LogP contribution is 2.56. The van der Waals surface area contributed by atoms with Crippen LogP contribution in [0.1, 0.15) is 0 Å². The van der Waals surface area contributed by atoms with E-state index >= 15 is 0 Å². The minimum atomic E-state index is 0.439. The van der Waals surface area contributed by atoms with Crippen molar-refractivity contribution in [2.24, 2.45) is 0 Å². The van der Waals surface area contributed by atoms with Crippen molar-refractivity contribution in [2.45, 2.75) is 0 Å². The molecule has 16 heteroatoms. The third-order valence-corrected chi connectivity index (χ3v) is 14.0. The fourth-order valence-corrected chi connectivity index (χ4v) is 9.99. The van der Waals surface area contributed by atoms with Crippen molar-refractivity contribution in [1.29, 1.82) is 0 Å². The Labute approximate surface area is 466 Å². The van der Waals surface area contributed by atoms with Crippen molar-refractivity contribution in [3.63, 3.8) is 0 Å². The molecule has 0 N–H and O–H groups in total. The fraction of sp³-hybridized carbons (Fsp3) is 0.250. The lowest BCUT2D eigenvalue weighted by Crippen LogP contribution is -2.01. The maximum absolute atomic E-state index is 6.15. The Hall–Kier alpha value is -9.44. The predicted molar refractivity (Wildman–Crippen MR) is 309 cm³/mol. The van der Waals surface area contributed by atoms with E-state index in [-0.39, 0.29) is 0 Å². The average molecular weight is 1090 g/mol. The molecule has 0 atom stereocenters. The van der Waals surface area contributed by atoms with Gasteiger partial charge in [0.1, 0.15) is 0 Å². The molecule has 0 amide bonds. The lowest BCUT2D eigenvalue weighted by molar-refractivity contribution is 0.354. The standard InChI is InChI=1S/C64H66O16/c1-65-49-19-17-35(21-51(49)67-3)37-23-53(69-5)55(71-7)25-39(37)41-27-57(73-9)59(75-11)29-43(41)45-31-61(77-13)63(79-15)33-47(45)48-34-64(80-16)62(78-14)32-46(48)44-30-60(76-12)58(74-10)28-42(44)40-26-56(72-8)54(70-6)24-38(40)36-18-20-50(66-2)52(22-36)68-4/h17-34H,1-16H3. The Morgan fingerprint density at radius 3 is 0.412 bits per heavy atom. The second-order valence-electron chi connectivity index (χ2n) is 17.7. The van der Waals surface area contributed by atoms with Crippen LogP contribution in [-0.4, -0.2) is 114 Å². The molecule has 0 bridgehead atoms. The van der Waals surface area contributed by atoms with Gasteiger partial charge in [-0.1, -0.05) is 12.1 Å². The summed E-state index contributed by atoms with van der Waals surface area (Å²) in [7, 11) is 25.5. The molecule has 0 saturated heterocycles. The molecule has 0 spiro atoms. The highest BCUT2D eigenvalue weighted by atomic mass is 16.5. The Bertz CT molecular complexity index is 3320. The zero-order chi connectivity index (χ0) is 57.4. The van der Waals surface area contributed by atoms with Crippen LogP contribution < -0.4 is 75.8 Å². The third-order valence-electron chi connectivity index (χ3n) is 14.0. The van der Waals surface area contributed by atoms with E-state index in [0.29, 0.717) is 136 Å². The summed E-state index contributed by atoms with van der Waals surface area (Å²) in [6, 6.07) is 34.7. The van der Waals surface area contributed by atoms with Gasteiger partial charge in [0.05, 0.1) is 114 Å². The molecular weight excluding hydrogens is 1020 g/mol. The predicted octanol–water partition coefficient (Wildman–Crippen LogP) is 13.5. The van der Waals surface area contributed by atoms with Gasteiger partial charge < -0.3 is 75.8 Å². The van der Waals surface area contributed by atoms with Gasteiger partial charge in [-0.05, 0) is 175 Å². The van der Waals surface area contributed by atoms with Crippen molar-refractivity contribution in [2.75, 3.05) is 114 Å². The van der Waals surface area contributed by atoms with Gasteiger partial charge in [0.15, 0.2) is 92.0 Å². The van der Waals surface area contributed by atoms with Crippen LogP contribution in [0.4, 0.5) is 0 Å². The Kier molecular flexibility index (Phi) is 17.7. The quantitative estimate of drug-likeness (QED) is 0.0597. The number of ether oxygens (including phenoxy) is 16. The maximum atomic E-state index is 6.15. The number of hydrogen-bond donors (Lipinski definition) is 0. The van der Waals surface area contributed by atoms with Crippen LogP contribution in [0.25, 0.3) is 77.9 Å². The summed E-state index contributed by atoms with van der Waals surface area (Å²) in [5.41, 5.74) is 10.1. The van der Waals surface area contributed by atoms with Crippen LogP contribution in [-0.2, 0) is 0 Å².